The molecule has 3 unspecified atom stereocenters. The quantitative estimate of drug-likeness (QED) is 0.257. The van der Waals surface area contributed by atoms with Crippen LogP contribution in [-0.2, 0) is 29.5 Å². The van der Waals surface area contributed by atoms with Gasteiger partial charge in [0.05, 0.1) is 18.1 Å². The maximum atomic E-state index is 13.0. The third-order valence-electron chi connectivity index (χ3n) is 10.3. The van der Waals surface area contributed by atoms with Gasteiger partial charge in [-0.1, -0.05) is 6.07 Å². The summed E-state index contributed by atoms with van der Waals surface area (Å²) < 4.78 is 66.9. The standard InChI is InChI=1S/C33H39F3N8O2S2/c1-20(42-17-25-10-26(18-42)44(25)48(3,45)46)15-43-24(14-37)11-28-21(2)22(4-5-30(28)43)16-41-8-6-23(7-9-41)40-31-29-12-27(13-33(34,35)36)47-32(29)39-19-38-31/h4-5,11-12,19-20,23,25-26H,6-10,13,15-18H2,1-3H3,(H,38,39,40). The van der Waals surface area contributed by atoms with E-state index in [9.17, 15) is 26.9 Å². The molecule has 3 aromatic heterocycles. The molecule has 0 spiro atoms. The Morgan fingerprint density at radius 3 is 2.52 bits per heavy atom. The van der Waals surface area contributed by atoms with Crippen LogP contribution in [0, 0.1) is 18.3 Å². The highest BCUT2D eigenvalue weighted by molar-refractivity contribution is 7.88. The summed E-state index contributed by atoms with van der Waals surface area (Å²) in [7, 11) is -3.19. The zero-order valence-corrected chi connectivity index (χ0v) is 28.8. The number of thiophene rings is 1. The van der Waals surface area contributed by atoms with Crippen molar-refractivity contribution in [1.29, 1.82) is 5.26 Å². The molecule has 0 aliphatic carbocycles. The first-order chi connectivity index (χ1) is 22.8. The molecule has 8 rings (SSSR count). The molecule has 4 aromatic rings. The molecule has 10 nitrogen and oxygen atoms in total. The van der Waals surface area contributed by atoms with Gasteiger partial charge in [0.2, 0.25) is 10.0 Å². The number of alkyl halides is 3. The summed E-state index contributed by atoms with van der Waals surface area (Å²) in [6.45, 7) is 8.86. The van der Waals surface area contributed by atoms with Crippen LogP contribution in [-0.4, -0.2) is 99.8 Å². The summed E-state index contributed by atoms with van der Waals surface area (Å²) in [5.74, 6) is 0.588. The number of hydrogen-bond acceptors (Lipinski definition) is 9. The van der Waals surface area contributed by atoms with Gasteiger partial charge >= 0.3 is 6.18 Å². The summed E-state index contributed by atoms with van der Waals surface area (Å²) in [5, 5.41) is 15.2. The molecular weight excluding hydrogens is 662 g/mol. The second-order valence-electron chi connectivity index (χ2n) is 13.6. The number of benzene rings is 1. The lowest BCUT2D eigenvalue weighted by molar-refractivity contribution is -0.126. The minimum Gasteiger partial charge on any atom is -0.367 e. The lowest BCUT2D eigenvalue weighted by Crippen LogP contribution is -2.70. The molecular formula is C33H39F3N8O2S2. The van der Waals surface area contributed by atoms with Crippen molar-refractivity contribution in [3.63, 3.8) is 0 Å². The van der Waals surface area contributed by atoms with Crippen molar-refractivity contribution in [2.24, 2.45) is 0 Å². The van der Waals surface area contributed by atoms with E-state index in [0.717, 1.165) is 66.7 Å². The highest BCUT2D eigenvalue weighted by Crippen LogP contribution is 2.36. The van der Waals surface area contributed by atoms with Crippen molar-refractivity contribution in [3.05, 3.63) is 52.3 Å². The fraction of sp³-hybridized carbons (Fsp3) is 0.545. The molecule has 15 heteroatoms. The number of nitriles is 1. The second-order valence-corrected chi connectivity index (χ2v) is 16.6. The van der Waals surface area contributed by atoms with Gasteiger partial charge in [0.25, 0.3) is 0 Å². The van der Waals surface area contributed by atoms with E-state index < -0.39 is 22.6 Å². The van der Waals surface area contributed by atoms with E-state index in [1.807, 2.05) is 6.07 Å². The number of piperidine rings is 2. The van der Waals surface area contributed by atoms with Gasteiger partial charge < -0.3 is 9.88 Å². The van der Waals surface area contributed by atoms with E-state index >= 15 is 0 Å². The van der Waals surface area contributed by atoms with Crippen molar-refractivity contribution in [1.82, 2.24) is 28.6 Å². The Morgan fingerprint density at radius 2 is 1.85 bits per heavy atom. The van der Waals surface area contributed by atoms with E-state index in [1.165, 1.54) is 18.1 Å². The van der Waals surface area contributed by atoms with Crippen molar-refractivity contribution in [2.75, 3.05) is 37.8 Å². The van der Waals surface area contributed by atoms with Crippen LogP contribution < -0.4 is 5.32 Å². The highest BCUT2D eigenvalue weighted by atomic mass is 32.2. The second kappa shape index (κ2) is 12.5. The number of fused-ring (bicyclic) bond motifs is 4. The van der Waals surface area contributed by atoms with Crippen LogP contribution in [0.5, 0.6) is 0 Å². The lowest BCUT2D eigenvalue weighted by Gasteiger charge is -2.56. The molecule has 4 fully saturated rings. The molecule has 1 aromatic carbocycles. The SMILES string of the molecule is Cc1c(CN2CCC(Nc3ncnc4sc(CC(F)(F)F)cc34)CC2)ccc2c1cc(C#N)n2CC(C)N1CC2CC(C1)N2S(C)(=O)=O. The number of hydrogen-bond donors (Lipinski definition) is 1. The molecule has 3 atom stereocenters. The minimum absolute atomic E-state index is 0.0350. The number of sulfonamides is 1. The summed E-state index contributed by atoms with van der Waals surface area (Å²) in [5.41, 5.74) is 4.03. The van der Waals surface area contributed by atoms with Crippen LogP contribution in [0.1, 0.15) is 47.9 Å². The molecule has 4 saturated heterocycles. The van der Waals surface area contributed by atoms with Crippen LogP contribution in [0.4, 0.5) is 19.0 Å². The summed E-state index contributed by atoms with van der Waals surface area (Å²) in [6, 6.07) is 10.6. The third-order valence-corrected chi connectivity index (χ3v) is 12.7. The van der Waals surface area contributed by atoms with Crippen molar-refractivity contribution >= 4 is 48.3 Å². The average molecular weight is 701 g/mol. The molecule has 7 heterocycles. The van der Waals surface area contributed by atoms with E-state index in [2.05, 4.69) is 61.7 Å². The Balaban J connectivity index is 0.987. The number of piperazine rings is 1. The van der Waals surface area contributed by atoms with Crippen molar-refractivity contribution in [3.8, 4) is 6.07 Å². The van der Waals surface area contributed by atoms with Gasteiger partial charge in [0.15, 0.2) is 0 Å². The molecule has 256 valence electrons. The van der Waals surface area contributed by atoms with Crippen LogP contribution in [0.2, 0.25) is 0 Å². The highest BCUT2D eigenvalue weighted by Gasteiger charge is 2.50. The van der Waals surface area contributed by atoms with Gasteiger partial charge in [-0.2, -0.15) is 22.7 Å². The van der Waals surface area contributed by atoms with E-state index in [4.69, 9.17) is 0 Å². The first kappa shape index (κ1) is 33.2. The maximum Gasteiger partial charge on any atom is 0.393 e. The monoisotopic (exact) mass is 700 g/mol. The van der Waals surface area contributed by atoms with Crippen LogP contribution in [0.3, 0.4) is 0 Å². The van der Waals surface area contributed by atoms with Gasteiger partial charge in [0, 0.05) is 79.2 Å². The lowest BCUT2D eigenvalue weighted by atomic mass is 9.90. The predicted molar refractivity (Wildman–Crippen MR) is 180 cm³/mol. The molecule has 0 saturated carbocycles. The summed E-state index contributed by atoms with van der Waals surface area (Å²) >= 11 is 1.06. The first-order valence-electron chi connectivity index (χ1n) is 16.3. The first-order valence-corrected chi connectivity index (χ1v) is 19.0. The normalized spacial score (nSPS) is 22.2. The number of likely N-dealkylation sites (tertiary alicyclic amines) is 1. The molecule has 2 bridgehead atoms. The number of halogens is 3. The fourth-order valence-corrected chi connectivity index (χ4v) is 10.3. The van der Waals surface area contributed by atoms with Gasteiger partial charge in [-0.15, -0.1) is 11.3 Å². The van der Waals surface area contributed by atoms with Gasteiger partial charge in [-0.05, 0) is 62.4 Å². The van der Waals surface area contributed by atoms with E-state index in [1.54, 1.807) is 10.4 Å². The smallest absolute Gasteiger partial charge is 0.367 e. The Morgan fingerprint density at radius 1 is 1.12 bits per heavy atom. The summed E-state index contributed by atoms with van der Waals surface area (Å²) in [6.07, 6.45) is 0.129. The topological polar surface area (TPSA) is 110 Å². The average Bonchev–Trinajstić information content (AvgIpc) is 3.59. The van der Waals surface area contributed by atoms with Gasteiger partial charge in [-0.25, -0.2) is 18.4 Å². The number of rotatable bonds is 9. The van der Waals surface area contributed by atoms with E-state index in [-0.39, 0.29) is 29.0 Å². The number of nitrogens with zero attached hydrogens (tertiary/aromatic N) is 7. The molecule has 48 heavy (non-hydrogen) atoms. The Bertz CT molecular complexity index is 1980. The minimum atomic E-state index is -4.26. The molecule has 4 aliphatic heterocycles. The number of nitrogens with one attached hydrogen (secondary N) is 1. The number of anilines is 1. The maximum absolute atomic E-state index is 13.0. The number of aryl methyl sites for hydroxylation is 1. The third kappa shape index (κ3) is 6.53. The van der Waals surface area contributed by atoms with Crippen molar-refractivity contribution in [2.45, 2.75) is 83.0 Å². The van der Waals surface area contributed by atoms with E-state index in [0.29, 0.717) is 41.4 Å². The van der Waals surface area contributed by atoms with Crippen LogP contribution in [0.25, 0.3) is 21.1 Å². The Labute approximate surface area is 282 Å². The Kier molecular flexibility index (Phi) is 8.68. The molecule has 1 N–H and O–H groups in total. The molecule has 4 aliphatic rings. The Hall–Kier alpha value is -3.29. The molecule has 0 radical (unpaired) electrons. The molecule has 0 amide bonds. The summed E-state index contributed by atoms with van der Waals surface area (Å²) in [4.78, 5) is 14.1. The fourth-order valence-electron chi connectivity index (χ4n) is 7.85. The zero-order valence-electron chi connectivity index (χ0n) is 27.2. The van der Waals surface area contributed by atoms with Crippen molar-refractivity contribution < 1.29 is 21.6 Å². The van der Waals surface area contributed by atoms with Gasteiger partial charge in [0.1, 0.15) is 28.7 Å². The number of aromatic nitrogens is 3. The van der Waals surface area contributed by atoms with Crippen LogP contribution in [0.15, 0.2) is 30.6 Å². The van der Waals surface area contributed by atoms with Gasteiger partial charge in [-0.3, -0.25) is 9.80 Å². The zero-order chi connectivity index (χ0) is 34.0. The predicted octanol–water partition coefficient (Wildman–Crippen LogP) is 5.11. The van der Waals surface area contributed by atoms with Crippen LogP contribution >= 0.6 is 11.3 Å². The largest absolute Gasteiger partial charge is 0.393 e.